The molecule has 2 aromatic rings. The van der Waals surface area contributed by atoms with Crippen molar-refractivity contribution >= 4 is 12.0 Å². The number of carbonyl (C=O) groups is 1. The van der Waals surface area contributed by atoms with Gasteiger partial charge in [0.15, 0.2) is 0 Å². The summed E-state index contributed by atoms with van der Waals surface area (Å²) in [5.41, 5.74) is 1.31. The molecule has 114 valence electrons. The van der Waals surface area contributed by atoms with Gasteiger partial charge in [0, 0.05) is 17.7 Å². The van der Waals surface area contributed by atoms with Gasteiger partial charge < -0.3 is 9.47 Å². The third-order valence-corrected chi connectivity index (χ3v) is 2.91. The van der Waals surface area contributed by atoms with Gasteiger partial charge >= 0.3 is 5.97 Å². The predicted octanol–water partition coefficient (Wildman–Crippen LogP) is 3.98. The van der Waals surface area contributed by atoms with Crippen molar-refractivity contribution in [1.82, 2.24) is 0 Å². The van der Waals surface area contributed by atoms with E-state index < -0.39 is 11.8 Å². The molecule has 0 aliphatic rings. The Morgan fingerprint density at radius 3 is 2.64 bits per heavy atom. The molecule has 0 fully saturated rings. The van der Waals surface area contributed by atoms with E-state index in [1.807, 2.05) is 30.3 Å². The van der Waals surface area contributed by atoms with E-state index in [0.29, 0.717) is 17.9 Å². The maximum atomic E-state index is 13.9. The molecule has 4 heteroatoms. The fraction of sp³-hybridized carbons (Fsp3) is 0.167. The second kappa shape index (κ2) is 7.98. The molecule has 0 aromatic heterocycles. The second-order valence-electron chi connectivity index (χ2n) is 4.54. The Morgan fingerprint density at radius 2 is 1.95 bits per heavy atom. The van der Waals surface area contributed by atoms with Crippen LogP contribution in [0.1, 0.15) is 18.1 Å². The van der Waals surface area contributed by atoms with Crippen molar-refractivity contribution in [2.45, 2.75) is 13.5 Å². The summed E-state index contributed by atoms with van der Waals surface area (Å²) in [6.45, 7) is 2.38. The van der Waals surface area contributed by atoms with Gasteiger partial charge in [-0.15, -0.1) is 0 Å². The van der Waals surface area contributed by atoms with Gasteiger partial charge in [-0.25, -0.2) is 9.18 Å². The Labute approximate surface area is 129 Å². The standard InChI is InChI=1S/C18H17FO3/c1-2-21-18(20)11-9-15-8-10-16(12-17(15)19)22-13-14-6-4-3-5-7-14/h3-12H,2,13H2,1H3. The molecule has 0 amide bonds. The third kappa shape index (κ3) is 4.74. The van der Waals surface area contributed by atoms with Crippen molar-refractivity contribution in [2.75, 3.05) is 6.61 Å². The van der Waals surface area contributed by atoms with Gasteiger partial charge in [-0.3, -0.25) is 0 Å². The normalized spacial score (nSPS) is 10.6. The van der Waals surface area contributed by atoms with Crippen LogP contribution in [0.15, 0.2) is 54.6 Å². The van der Waals surface area contributed by atoms with Gasteiger partial charge in [-0.1, -0.05) is 30.3 Å². The number of carbonyl (C=O) groups excluding carboxylic acids is 1. The SMILES string of the molecule is CCOC(=O)C=Cc1ccc(OCc2ccccc2)cc1F. The Balaban J connectivity index is 1.98. The monoisotopic (exact) mass is 300 g/mol. The Morgan fingerprint density at radius 1 is 1.18 bits per heavy atom. The molecule has 0 saturated heterocycles. The first kappa shape index (κ1) is 15.8. The molecule has 0 N–H and O–H groups in total. The zero-order valence-electron chi connectivity index (χ0n) is 12.3. The van der Waals surface area contributed by atoms with Crippen molar-refractivity contribution in [1.29, 1.82) is 0 Å². The third-order valence-electron chi connectivity index (χ3n) is 2.91. The Kier molecular flexibility index (Phi) is 5.72. The van der Waals surface area contributed by atoms with E-state index in [2.05, 4.69) is 0 Å². The van der Waals surface area contributed by atoms with Crippen LogP contribution < -0.4 is 4.74 Å². The molecule has 2 aromatic carbocycles. The van der Waals surface area contributed by atoms with Crippen LogP contribution in [0.3, 0.4) is 0 Å². The fourth-order valence-corrected chi connectivity index (χ4v) is 1.82. The van der Waals surface area contributed by atoms with E-state index in [1.165, 1.54) is 18.2 Å². The molecule has 0 heterocycles. The quantitative estimate of drug-likeness (QED) is 0.598. The lowest BCUT2D eigenvalue weighted by molar-refractivity contribution is -0.137. The Hall–Kier alpha value is -2.62. The molecule has 0 bridgehead atoms. The molecule has 0 atom stereocenters. The average Bonchev–Trinajstić information content (AvgIpc) is 2.53. The highest BCUT2D eigenvalue weighted by Gasteiger charge is 2.03. The lowest BCUT2D eigenvalue weighted by Gasteiger charge is -2.07. The molecule has 0 aliphatic carbocycles. The summed E-state index contributed by atoms with van der Waals surface area (Å²) in [6.07, 6.45) is 2.58. The highest BCUT2D eigenvalue weighted by molar-refractivity contribution is 5.87. The molecule has 0 spiro atoms. The molecule has 0 saturated carbocycles. The number of halogens is 1. The number of ether oxygens (including phenoxy) is 2. The molecule has 3 nitrogen and oxygen atoms in total. The summed E-state index contributed by atoms with van der Waals surface area (Å²) in [6, 6.07) is 14.2. The van der Waals surface area contributed by atoms with Crippen LogP contribution in [0.4, 0.5) is 4.39 Å². The van der Waals surface area contributed by atoms with E-state index in [0.717, 1.165) is 5.56 Å². The summed E-state index contributed by atoms with van der Waals surface area (Å²) in [4.78, 5) is 11.2. The summed E-state index contributed by atoms with van der Waals surface area (Å²) in [5.74, 6) is -0.507. The molecule has 2 rings (SSSR count). The number of benzene rings is 2. The zero-order chi connectivity index (χ0) is 15.8. The number of hydrogen-bond donors (Lipinski definition) is 0. The van der Waals surface area contributed by atoms with Crippen molar-refractivity contribution in [3.05, 3.63) is 71.6 Å². The molecule has 0 aliphatic heterocycles. The highest BCUT2D eigenvalue weighted by atomic mass is 19.1. The van der Waals surface area contributed by atoms with Crippen molar-refractivity contribution in [3.8, 4) is 5.75 Å². The summed E-state index contributed by atoms with van der Waals surface area (Å²) in [7, 11) is 0. The van der Waals surface area contributed by atoms with Crippen molar-refractivity contribution in [3.63, 3.8) is 0 Å². The summed E-state index contributed by atoms with van der Waals surface area (Å²) in [5, 5.41) is 0. The molecular weight excluding hydrogens is 283 g/mol. The molecule has 22 heavy (non-hydrogen) atoms. The van der Waals surface area contributed by atoms with Crippen molar-refractivity contribution < 1.29 is 18.7 Å². The van der Waals surface area contributed by atoms with E-state index in [4.69, 9.17) is 9.47 Å². The van der Waals surface area contributed by atoms with Gasteiger partial charge in [0.25, 0.3) is 0 Å². The number of rotatable bonds is 6. The van der Waals surface area contributed by atoms with Crippen molar-refractivity contribution in [2.24, 2.45) is 0 Å². The fourth-order valence-electron chi connectivity index (χ4n) is 1.82. The highest BCUT2D eigenvalue weighted by Crippen LogP contribution is 2.19. The van der Waals surface area contributed by atoms with Gasteiger partial charge in [0.2, 0.25) is 0 Å². The lowest BCUT2D eigenvalue weighted by Crippen LogP contribution is -1.99. The minimum Gasteiger partial charge on any atom is -0.489 e. The average molecular weight is 300 g/mol. The Bertz CT molecular complexity index is 651. The van der Waals surface area contributed by atoms with Crippen LogP contribution in [0.5, 0.6) is 5.75 Å². The van der Waals surface area contributed by atoms with Crippen LogP contribution in [0.25, 0.3) is 6.08 Å². The van der Waals surface area contributed by atoms with Crippen LogP contribution in [-0.2, 0) is 16.1 Å². The molecule has 0 radical (unpaired) electrons. The van der Waals surface area contributed by atoms with Gasteiger partial charge in [-0.2, -0.15) is 0 Å². The first-order valence-corrected chi connectivity index (χ1v) is 7.00. The molecular formula is C18H17FO3. The van der Waals surface area contributed by atoms with Crippen LogP contribution in [0, 0.1) is 5.82 Å². The first-order chi connectivity index (χ1) is 10.7. The summed E-state index contributed by atoms with van der Waals surface area (Å²) >= 11 is 0. The van der Waals surface area contributed by atoms with Gasteiger partial charge in [-0.05, 0) is 30.7 Å². The van der Waals surface area contributed by atoms with Crippen LogP contribution >= 0.6 is 0 Å². The van der Waals surface area contributed by atoms with Crippen LogP contribution in [-0.4, -0.2) is 12.6 Å². The van der Waals surface area contributed by atoms with E-state index in [1.54, 1.807) is 19.1 Å². The number of hydrogen-bond acceptors (Lipinski definition) is 3. The van der Waals surface area contributed by atoms with Crippen LogP contribution in [0.2, 0.25) is 0 Å². The lowest BCUT2D eigenvalue weighted by atomic mass is 10.2. The minimum atomic E-state index is -0.494. The van der Waals surface area contributed by atoms with E-state index in [-0.39, 0.29) is 6.61 Å². The minimum absolute atomic E-state index is 0.290. The maximum Gasteiger partial charge on any atom is 0.330 e. The largest absolute Gasteiger partial charge is 0.489 e. The second-order valence-corrected chi connectivity index (χ2v) is 4.54. The van der Waals surface area contributed by atoms with Gasteiger partial charge in [0.05, 0.1) is 6.61 Å². The summed E-state index contributed by atoms with van der Waals surface area (Å²) < 4.78 is 24.2. The van der Waals surface area contributed by atoms with Gasteiger partial charge in [0.1, 0.15) is 18.2 Å². The maximum absolute atomic E-state index is 13.9. The number of esters is 1. The topological polar surface area (TPSA) is 35.5 Å². The molecule has 0 unspecified atom stereocenters. The van der Waals surface area contributed by atoms with E-state index >= 15 is 0 Å². The first-order valence-electron chi connectivity index (χ1n) is 7.00. The van der Waals surface area contributed by atoms with E-state index in [9.17, 15) is 9.18 Å². The predicted molar refractivity (Wildman–Crippen MR) is 82.8 cm³/mol. The zero-order valence-corrected chi connectivity index (χ0v) is 12.3. The smallest absolute Gasteiger partial charge is 0.330 e.